The van der Waals surface area contributed by atoms with Crippen LogP contribution in [0.3, 0.4) is 0 Å². The number of hydrogen-bond donors (Lipinski definition) is 1. The molecule has 0 amide bonds. The van der Waals surface area contributed by atoms with Crippen LogP contribution in [0.5, 0.6) is 0 Å². The van der Waals surface area contributed by atoms with Gasteiger partial charge in [0.05, 0.1) is 6.61 Å². The highest BCUT2D eigenvalue weighted by Crippen LogP contribution is 2.08. The fourth-order valence-electron chi connectivity index (χ4n) is 2.56. The Hall–Kier alpha value is -0.0800. The molecule has 0 unspecified atom stereocenters. The molecule has 0 aromatic rings. The van der Waals surface area contributed by atoms with E-state index < -0.39 is 0 Å². The first kappa shape index (κ1) is 25.2. The summed E-state index contributed by atoms with van der Waals surface area (Å²) in [5.74, 6) is 0.755. The lowest BCUT2D eigenvalue weighted by atomic mass is 10.1. The summed E-state index contributed by atoms with van der Waals surface area (Å²) in [4.78, 5) is 2.32. The predicted octanol–water partition coefficient (Wildman–Crippen LogP) is 6.27. The summed E-state index contributed by atoms with van der Waals surface area (Å²) in [5, 5.41) is 8.81. The lowest BCUT2D eigenvalue weighted by Gasteiger charge is -2.26. The molecule has 1 N–H and O–H groups in total. The molecule has 0 radical (unpaired) electrons. The second-order valence-electron chi connectivity index (χ2n) is 7.51. The summed E-state index contributed by atoms with van der Waals surface area (Å²) in [6.07, 6.45) is 14.2. The molecule has 23 heavy (non-hydrogen) atoms. The van der Waals surface area contributed by atoms with Gasteiger partial charge in [-0.15, -0.1) is 0 Å². The van der Waals surface area contributed by atoms with Crippen molar-refractivity contribution in [2.45, 2.75) is 112 Å². The standard InChI is InChI=1S/C11H24.C10H23NO/c1-3-5-7-9-11-10-8-6-4-2;1-9(2)5-6-11(7-8-12)10(3)4/h3-11H2,1-2H3;9-10,12H,5-8H2,1-4H3. The van der Waals surface area contributed by atoms with E-state index in [1.165, 1.54) is 64.2 Å². The second-order valence-corrected chi connectivity index (χ2v) is 7.51. The number of aliphatic hydroxyl groups excluding tert-OH is 1. The van der Waals surface area contributed by atoms with Gasteiger partial charge in [-0.25, -0.2) is 0 Å². The Morgan fingerprint density at radius 2 is 1.13 bits per heavy atom. The van der Waals surface area contributed by atoms with Gasteiger partial charge in [-0.3, -0.25) is 4.90 Å². The molecule has 0 atom stereocenters. The highest BCUT2D eigenvalue weighted by molar-refractivity contribution is 4.62. The van der Waals surface area contributed by atoms with E-state index in [1.54, 1.807) is 0 Å². The molecule has 0 aliphatic carbocycles. The van der Waals surface area contributed by atoms with Crippen LogP contribution in [0.25, 0.3) is 0 Å². The summed E-state index contributed by atoms with van der Waals surface area (Å²) in [6, 6.07) is 0.552. The molecule has 0 saturated carbocycles. The SMILES string of the molecule is CC(C)CCN(CCO)C(C)C.CCCCCCCCCCC. The number of aliphatic hydroxyl groups is 1. The molecular weight excluding hydrogens is 282 g/mol. The third kappa shape index (κ3) is 21.9. The molecule has 0 aliphatic rings. The molecule has 0 bridgehead atoms. The zero-order valence-corrected chi connectivity index (χ0v) is 17.2. The van der Waals surface area contributed by atoms with Crippen molar-refractivity contribution in [3.63, 3.8) is 0 Å². The Bertz CT molecular complexity index is 196. The fraction of sp³-hybridized carbons (Fsp3) is 1.00. The van der Waals surface area contributed by atoms with Crippen molar-refractivity contribution in [3.05, 3.63) is 0 Å². The summed E-state index contributed by atoms with van der Waals surface area (Å²) in [6.45, 7) is 15.6. The zero-order chi connectivity index (χ0) is 17.9. The van der Waals surface area contributed by atoms with Crippen LogP contribution in [-0.2, 0) is 0 Å². The van der Waals surface area contributed by atoms with Crippen LogP contribution in [0.4, 0.5) is 0 Å². The maximum atomic E-state index is 8.81. The van der Waals surface area contributed by atoms with E-state index in [1.807, 2.05) is 0 Å². The Kier molecular flexibility index (Phi) is 21.8. The minimum atomic E-state index is 0.274. The molecule has 2 heteroatoms. The highest BCUT2D eigenvalue weighted by Gasteiger charge is 2.08. The third-order valence-electron chi connectivity index (χ3n) is 4.32. The first-order valence-electron chi connectivity index (χ1n) is 10.3. The van der Waals surface area contributed by atoms with Crippen LogP contribution >= 0.6 is 0 Å². The first-order chi connectivity index (χ1) is 11.0. The molecule has 0 aromatic heterocycles. The van der Waals surface area contributed by atoms with E-state index in [4.69, 9.17) is 5.11 Å². The number of unbranched alkanes of at least 4 members (excludes halogenated alkanes) is 8. The van der Waals surface area contributed by atoms with Gasteiger partial charge in [0.2, 0.25) is 0 Å². The monoisotopic (exact) mass is 329 g/mol. The van der Waals surface area contributed by atoms with Crippen molar-refractivity contribution in [2.75, 3.05) is 19.7 Å². The van der Waals surface area contributed by atoms with Gasteiger partial charge in [0.1, 0.15) is 0 Å². The molecule has 0 heterocycles. The van der Waals surface area contributed by atoms with Crippen LogP contribution in [0.2, 0.25) is 0 Å². The van der Waals surface area contributed by atoms with E-state index >= 15 is 0 Å². The van der Waals surface area contributed by atoms with Gasteiger partial charge in [0, 0.05) is 12.6 Å². The highest BCUT2D eigenvalue weighted by atomic mass is 16.3. The molecule has 142 valence electrons. The second kappa shape index (κ2) is 20.0. The van der Waals surface area contributed by atoms with Crippen molar-refractivity contribution in [2.24, 2.45) is 5.92 Å². The molecule has 2 nitrogen and oxygen atoms in total. The van der Waals surface area contributed by atoms with Crippen LogP contribution in [0, 0.1) is 5.92 Å². The quantitative estimate of drug-likeness (QED) is 0.379. The van der Waals surface area contributed by atoms with Gasteiger partial charge >= 0.3 is 0 Å². The summed E-state index contributed by atoms with van der Waals surface area (Å²) >= 11 is 0. The van der Waals surface area contributed by atoms with Gasteiger partial charge in [-0.1, -0.05) is 85.5 Å². The smallest absolute Gasteiger partial charge is 0.0558 e. The lowest BCUT2D eigenvalue weighted by Crippen LogP contribution is -2.34. The van der Waals surface area contributed by atoms with Gasteiger partial charge in [0.25, 0.3) is 0 Å². The molecule has 0 spiro atoms. The van der Waals surface area contributed by atoms with Crippen molar-refractivity contribution in [3.8, 4) is 0 Å². The Labute approximate surface area is 148 Å². The van der Waals surface area contributed by atoms with Crippen molar-refractivity contribution >= 4 is 0 Å². The minimum absolute atomic E-state index is 0.274. The van der Waals surface area contributed by atoms with E-state index in [-0.39, 0.29) is 6.61 Å². The maximum absolute atomic E-state index is 8.81. The van der Waals surface area contributed by atoms with E-state index in [0.717, 1.165) is 19.0 Å². The lowest BCUT2D eigenvalue weighted by molar-refractivity contribution is 0.159. The maximum Gasteiger partial charge on any atom is 0.0558 e. The van der Waals surface area contributed by atoms with E-state index in [0.29, 0.717) is 6.04 Å². The average Bonchev–Trinajstić information content (AvgIpc) is 2.51. The number of rotatable bonds is 14. The van der Waals surface area contributed by atoms with E-state index in [9.17, 15) is 0 Å². The first-order valence-corrected chi connectivity index (χ1v) is 10.3. The van der Waals surface area contributed by atoms with Gasteiger partial charge < -0.3 is 5.11 Å². The molecule has 0 saturated heterocycles. The van der Waals surface area contributed by atoms with Gasteiger partial charge in [-0.2, -0.15) is 0 Å². The largest absolute Gasteiger partial charge is 0.395 e. The molecular formula is C21H47NO. The molecule has 0 aliphatic heterocycles. The number of nitrogens with zero attached hydrogens (tertiary/aromatic N) is 1. The Balaban J connectivity index is 0. The van der Waals surface area contributed by atoms with Crippen LogP contribution < -0.4 is 0 Å². The number of hydrogen-bond acceptors (Lipinski definition) is 2. The van der Waals surface area contributed by atoms with Crippen LogP contribution in [0.15, 0.2) is 0 Å². The predicted molar refractivity (Wildman–Crippen MR) is 106 cm³/mol. The van der Waals surface area contributed by atoms with Crippen LogP contribution in [0.1, 0.15) is 106 Å². The third-order valence-corrected chi connectivity index (χ3v) is 4.32. The van der Waals surface area contributed by atoms with Crippen molar-refractivity contribution in [1.29, 1.82) is 0 Å². The summed E-state index contributed by atoms with van der Waals surface area (Å²) < 4.78 is 0. The van der Waals surface area contributed by atoms with Gasteiger partial charge in [-0.05, 0) is 32.7 Å². The molecule has 0 rings (SSSR count). The minimum Gasteiger partial charge on any atom is -0.395 e. The van der Waals surface area contributed by atoms with Crippen molar-refractivity contribution in [1.82, 2.24) is 4.90 Å². The zero-order valence-electron chi connectivity index (χ0n) is 17.2. The summed E-state index contributed by atoms with van der Waals surface area (Å²) in [7, 11) is 0. The normalized spacial score (nSPS) is 11.2. The summed E-state index contributed by atoms with van der Waals surface area (Å²) in [5.41, 5.74) is 0. The fourth-order valence-corrected chi connectivity index (χ4v) is 2.56. The Morgan fingerprint density at radius 3 is 1.43 bits per heavy atom. The average molecular weight is 330 g/mol. The van der Waals surface area contributed by atoms with Crippen molar-refractivity contribution < 1.29 is 5.11 Å². The van der Waals surface area contributed by atoms with Gasteiger partial charge in [0.15, 0.2) is 0 Å². The Morgan fingerprint density at radius 1 is 0.696 bits per heavy atom. The van der Waals surface area contributed by atoms with E-state index in [2.05, 4.69) is 46.4 Å². The van der Waals surface area contributed by atoms with Crippen LogP contribution in [-0.4, -0.2) is 35.7 Å². The molecule has 0 fully saturated rings. The topological polar surface area (TPSA) is 23.5 Å². The molecule has 0 aromatic carbocycles.